The van der Waals surface area contributed by atoms with E-state index in [2.05, 4.69) is 22.6 Å². The van der Waals surface area contributed by atoms with Gasteiger partial charge in [-0.2, -0.15) is 0 Å². The predicted octanol–water partition coefficient (Wildman–Crippen LogP) is 2.34. The van der Waals surface area contributed by atoms with Crippen LogP contribution in [0.25, 0.3) is 0 Å². The maximum absolute atomic E-state index is 12.9. The topological polar surface area (TPSA) is 63.1 Å². The van der Waals surface area contributed by atoms with Crippen molar-refractivity contribution < 1.29 is 4.79 Å². The van der Waals surface area contributed by atoms with Crippen LogP contribution in [0.1, 0.15) is 67.7 Å². The molecule has 2 saturated heterocycles. The lowest BCUT2D eigenvalue weighted by Crippen LogP contribution is -2.43. The summed E-state index contributed by atoms with van der Waals surface area (Å²) in [4.78, 5) is 14.9. The van der Waals surface area contributed by atoms with Crippen molar-refractivity contribution in [3.8, 4) is 0 Å². The largest absolute Gasteiger partial charge is 0.334 e. The van der Waals surface area contributed by atoms with Gasteiger partial charge in [0.05, 0.1) is 11.7 Å². The summed E-state index contributed by atoms with van der Waals surface area (Å²) in [7, 11) is 0. The maximum Gasteiger partial charge on any atom is 0.276 e. The smallest absolute Gasteiger partial charge is 0.276 e. The van der Waals surface area contributed by atoms with Gasteiger partial charge in [0, 0.05) is 12.6 Å². The third-order valence-corrected chi connectivity index (χ3v) is 5.14. The van der Waals surface area contributed by atoms with Gasteiger partial charge in [0.25, 0.3) is 5.91 Å². The van der Waals surface area contributed by atoms with E-state index >= 15 is 0 Å². The Morgan fingerprint density at radius 1 is 1.26 bits per heavy atom. The van der Waals surface area contributed by atoms with E-state index in [9.17, 15) is 4.79 Å². The van der Waals surface area contributed by atoms with Crippen molar-refractivity contribution in [3.63, 3.8) is 0 Å². The van der Waals surface area contributed by atoms with Crippen LogP contribution in [-0.2, 0) is 0 Å². The van der Waals surface area contributed by atoms with E-state index < -0.39 is 0 Å². The average molecular weight is 342 g/mol. The summed E-state index contributed by atoms with van der Waals surface area (Å²) < 4.78 is 1.97. The van der Waals surface area contributed by atoms with Gasteiger partial charge >= 0.3 is 0 Å². The highest BCUT2D eigenvalue weighted by atomic mass is 35.5. The van der Waals surface area contributed by atoms with Crippen LogP contribution < -0.4 is 5.32 Å². The monoisotopic (exact) mass is 341 g/mol. The Hall–Kier alpha value is -1.14. The molecule has 2 aliphatic heterocycles. The normalized spacial score (nSPS) is 22.7. The van der Waals surface area contributed by atoms with E-state index in [0.717, 1.165) is 57.4 Å². The maximum atomic E-state index is 12.9. The predicted molar refractivity (Wildman–Crippen MR) is 92.1 cm³/mol. The number of hydrogen-bond acceptors (Lipinski definition) is 4. The number of rotatable bonds is 3. The number of hydrogen-bond donors (Lipinski definition) is 1. The number of likely N-dealkylation sites (tertiary alicyclic amines) is 1. The van der Waals surface area contributed by atoms with Gasteiger partial charge in [-0.25, -0.2) is 4.68 Å². The minimum Gasteiger partial charge on any atom is -0.334 e. The number of nitrogens with one attached hydrogen (secondary N) is 1. The van der Waals surface area contributed by atoms with Gasteiger partial charge in [0.2, 0.25) is 0 Å². The number of halogens is 1. The van der Waals surface area contributed by atoms with Crippen molar-refractivity contribution in [2.75, 3.05) is 19.6 Å². The lowest BCUT2D eigenvalue weighted by Gasteiger charge is -2.34. The van der Waals surface area contributed by atoms with Gasteiger partial charge in [-0.15, -0.1) is 17.5 Å². The molecule has 7 heteroatoms. The molecule has 1 N–H and O–H groups in total. The second-order valence-electron chi connectivity index (χ2n) is 6.51. The molecule has 3 heterocycles. The molecule has 0 radical (unpaired) electrons. The Morgan fingerprint density at radius 2 is 2.00 bits per heavy atom. The summed E-state index contributed by atoms with van der Waals surface area (Å²) in [5, 5.41) is 11.9. The van der Waals surface area contributed by atoms with Gasteiger partial charge in [0.1, 0.15) is 0 Å². The van der Waals surface area contributed by atoms with E-state index in [1.165, 1.54) is 6.42 Å². The number of amides is 1. The van der Waals surface area contributed by atoms with Crippen LogP contribution in [0.2, 0.25) is 0 Å². The first-order chi connectivity index (χ1) is 10.7. The zero-order chi connectivity index (χ0) is 15.5. The molecule has 2 fully saturated rings. The van der Waals surface area contributed by atoms with Crippen molar-refractivity contribution >= 4 is 18.3 Å². The summed E-state index contributed by atoms with van der Waals surface area (Å²) in [6.45, 7) is 7.03. The quantitative estimate of drug-likeness (QED) is 0.916. The minimum absolute atomic E-state index is 0. The molecule has 1 unspecified atom stereocenters. The lowest BCUT2D eigenvalue weighted by atomic mass is 9.99. The summed E-state index contributed by atoms with van der Waals surface area (Å²) in [6, 6.07) is 0.739. The average Bonchev–Trinajstić information content (AvgIpc) is 2.96. The van der Waals surface area contributed by atoms with Gasteiger partial charge in [-0.1, -0.05) is 12.1 Å². The van der Waals surface area contributed by atoms with E-state index in [1.807, 2.05) is 16.5 Å². The second kappa shape index (κ2) is 8.11. The fourth-order valence-electron chi connectivity index (χ4n) is 3.76. The van der Waals surface area contributed by atoms with Crippen molar-refractivity contribution in [2.24, 2.45) is 0 Å². The van der Waals surface area contributed by atoms with Crippen LogP contribution in [0.4, 0.5) is 0 Å². The Bertz CT molecular complexity index is 527. The van der Waals surface area contributed by atoms with E-state index in [4.69, 9.17) is 0 Å². The summed E-state index contributed by atoms with van der Waals surface area (Å²) in [6.07, 6.45) is 6.57. The molecule has 0 aliphatic carbocycles. The van der Waals surface area contributed by atoms with Crippen LogP contribution in [0, 0.1) is 6.92 Å². The highest BCUT2D eigenvalue weighted by Crippen LogP contribution is 2.24. The molecular formula is C16H28ClN5O. The standard InChI is InChI=1S/C16H27N5O.ClH/c1-3-13-6-4-5-11-20(13)16(22)15-12(2)21(19-18-15)14-7-9-17-10-8-14;/h13-14,17H,3-11H2,1-2H3;1H. The van der Waals surface area contributed by atoms with E-state index in [1.54, 1.807) is 0 Å². The SMILES string of the molecule is CCC1CCCCN1C(=O)c1nnn(C2CCNCC2)c1C.Cl. The first-order valence-electron chi connectivity index (χ1n) is 8.65. The molecule has 1 amide bonds. The zero-order valence-electron chi connectivity index (χ0n) is 14.1. The number of nitrogens with zero attached hydrogens (tertiary/aromatic N) is 4. The molecule has 1 atom stereocenters. The molecule has 130 valence electrons. The summed E-state index contributed by atoms with van der Waals surface area (Å²) >= 11 is 0. The van der Waals surface area contributed by atoms with E-state index in [-0.39, 0.29) is 18.3 Å². The lowest BCUT2D eigenvalue weighted by molar-refractivity contribution is 0.0601. The number of carbonyl (C=O) groups is 1. The Morgan fingerprint density at radius 3 is 2.70 bits per heavy atom. The highest BCUT2D eigenvalue weighted by Gasteiger charge is 2.30. The number of carbonyl (C=O) groups excluding carboxylic acids is 1. The molecule has 3 rings (SSSR count). The van der Waals surface area contributed by atoms with Crippen molar-refractivity contribution in [2.45, 2.75) is 64.5 Å². The van der Waals surface area contributed by atoms with Crippen LogP contribution in [0.15, 0.2) is 0 Å². The van der Waals surface area contributed by atoms with Crippen LogP contribution in [0.5, 0.6) is 0 Å². The molecule has 1 aromatic rings. The van der Waals surface area contributed by atoms with Crippen molar-refractivity contribution in [1.82, 2.24) is 25.2 Å². The first-order valence-corrected chi connectivity index (χ1v) is 8.65. The third kappa shape index (κ3) is 3.69. The molecule has 0 spiro atoms. The molecule has 0 aromatic carbocycles. The fraction of sp³-hybridized carbons (Fsp3) is 0.812. The Labute approximate surface area is 144 Å². The third-order valence-electron chi connectivity index (χ3n) is 5.14. The highest BCUT2D eigenvalue weighted by molar-refractivity contribution is 5.93. The van der Waals surface area contributed by atoms with Crippen molar-refractivity contribution in [3.05, 3.63) is 11.4 Å². The van der Waals surface area contributed by atoms with Gasteiger partial charge in [0.15, 0.2) is 5.69 Å². The Kier molecular flexibility index (Phi) is 6.41. The van der Waals surface area contributed by atoms with Crippen LogP contribution in [0.3, 0.4) is 0 Å². The number of aromatic nitrogens is 3. The first kappa shape index (κ1) is 18.2. The van der Waals surface area contributed by atoms with E-state index in [0.29, 0.717) is 17.8 Å². The fourth-order valence-corrected chi connectivity index (χ4v) is 3.76. The molecular weight excluding hydrogens is 314 g/mol. The molecule has 6 nitrogen and oxygen atoms in total. The summed E-state index contributed by atoms with van der Waals surface area (Å²) in [5.74, 6) is 0.0734. The molecule has 23 heavy (non-hydrogen) atoms. The van der Waals surface area contributed by atoms with Gasteiger partial charge in [-0.05, 0) is 58.5 Å². The van der Waals surface area contributed by atoms with Crippen LogP contribution in [-0.4, -0.2) is 51.5 Å². The molecule has 1 aromatic heterocycles. The molecule has 0 bridgehead atoms. The molecule has 0 saturated carbocycles. The summed E-state index contributed by atoms with van der Waals surface area (Å²) in [5.41, 5.74) is 1.48. The van der Waals surface area contributed by atoms with Crippen molar-refractivity contribution in [1.29, 1.82) is 0 Å². The second-order valence-corrected chi connectivity index (χ2v) is 6.51. The van der Waals surface area contributed by atoms with Crippen LogP contribution >= 0.6 is 12.4 Å². The zero-order valence-corrected chi connectivity index (χ0v) is 14.9. The van der Waals surface area contributed by atoms with Gasteiger partial charge in [-0.3, -0.25) is 4.79 Å². The minimum atomic E-state index is 0. The van der Waals surface area contributed by atoms with Gasteiger partial charge < -0.3 is 10.2 Å². The molecule has 2 aliphatic rings. The Balaban J connectivity index is 0.00000192. The number of piperidine rings is 2.